The molecule has 1 heterocycles. The van der Waals surface area contributed by atoms with Gasteiger partial charge in [0.15, 0.2) is 0 Å². The Morgan fingerprint density at radius 3 is 2.32 bits per heavy atom. The molecule has 0 bridgehead atoms. The maximum Gasteiger partial charge on any atom is 0.329 e. The Kier molecular flexibility index (Phi) is 7.13. The first kappa shape index (κ1) is 24.0. The number of nitrogens with one attached hydrogen (secondary N) is 1. The van der Waals surface area contributed by atoms with Gasteiger partial charge in [0.1, 0.15) is 6.61 Å². The fourth-order valence-corrected chi connectivity index (χ4v) is 3.71. The monoisotopic (exact) mass is 454 g/mol. The number of non-ortho nitro benzene ring substituents is 1. The summed E-state index contributed by atoms with van der Waals surface area (Å²) in [4.78, 5) is 47.1. The molecule has 0 unspecified atom stereocenters. The molecule has 0 radical (unpaired) electrons. The number of rotatable bonds is 8. The number of carbonyl (C=O) groups is 1. The van der Waals surface area contributed by atoms with Crippen molar-refractivity contribution in [1.82, 2.24) is 13.9 Å². The van der Waals surface area contributed by atoms with Gasteiger partial charge >= 0.3 is 11.7 Å². The average Bonchev–Trinajstić information content (AvgIpc) is 2.68. The molecular weight excluding hydrogens is 432 g/mol. The minimum absolute atomic E-state index is 0.252. The summed E-state index contributed by atoms with van der Waals surface area (Å²) in [5.74, 6) is -0.540. The molecule has 0 atom stereocenters. The Labute approximate surface area is 177 Å². The summed E-state index contributed by atoms with van der Waals surface area (Å²) in [6.07, 6.45) is 1.13. The van der Waals surface area contributed by atoms with E-state index in [2.05, 4.69) is 0 Å². The van der Waals surface area contributed by atoms with Crippen molar-refractivity contribution in [2.45, 2.75) is 32.3 Å². The minimum atomic E-state index is -4.23. The lowest BCUT2D eigenvalue weighted by molar-refractivity contribution is -0.384. The van der Waals surface area contributed by atoms with Gasteiger partial charge in [-0.3, -0.25) is 29.3 Å². The van der Waals surface area contributed by atoms with Crippen LogP contribution in [-0.4, -0.2) is 46.3 Å². The molecule has 0 aliphatic rings. The number of nitrogens with zero attached hydrogens (tertiary/aromatic N) is 3. The Morgan fingerprint density at radius 1 is 1.19 bits per heavy atom. The Hall–Kier alpha value is -3.32. The van der Waals surface area contributed by atoms with Gasteiger partial charge in [-0.2, -0.15) is 4.31 Å². The maximum atomic E-state index is 13.1. The lowest BCUT2D eigenvalue weighted by Crippen LogP contribution is -2.41. The number of aromatic nitrogens is 2. The number of H-pyrrole nitrogens is 1. The van der Waals surface area contributed by atoms with Crippen molar-refractivity contribution >= 4 is 21.7 Å². The second kappa shape index (κ2) is 9.22. The molecule has 2 aromatic rings. The van der Waals surface area contributed by atoms with E-state index in [1.54, 1.807) is 20.8 Å². The smallest absolute Gasteiger partial charge is 0.329 e. The molecule has 0 fully saturated rings. The third-order valence-corrected chi connectivity index (χ3v) is 5.92. The number of carbonyl (C=O) groups excluding carboxylic acids is 1. The van der Waals surface area contributed by atoms with Crippen LogP contribution >= 0.6 is 0 Å². The van der Waals surface area contributed by atoms with E-state index in [1.165, 1.54) is 0 Å². The summed E-state index contributed by atoms with van der Waals surface area (Å²) in [5.41, 5.74) is -2.56. The van der Waals surface area contributed by atoms with Crippen LogP contribution in [0.1, 0.15) is 20.8 Å². The summed E-state index contributed by atoms with van der Waals surface area (Å²) in [6, 6.07) is 5.26. The summed E-state index contributed by atoms with van der Waals surface area (Å²) >= 11 is 0. The normalized spacial score (nSPS) is 12.0. The quantitative estimate of drug-likeness (QED) is 0.346. The van der Waals surface area contributed by atoms with Crippen molar-refractivity contribution in [2.24, 2.45) is 5.41 Å². The number of nitro benzene ring substituents is 1. The van der Waals surface area contributed by atoms with E-state index in [0.717, 1.165) is 45.4 Å². The first-order valence-electron chi connectivity index (χ1n) is 9.04. The molecule has 31 heavy (non-hydrogen) atoms. The molecule has 0 spiro atoms. The number of hydrogen-bond donors (Lipinski definition) is 1. The van der Waals surface area contributed by atoms with Gasteiger partial charge in [-0.1, -0.05) is 0 Å². The van der Waals surface area contributed by atoms with E-state index in [9.17, 15) is 32.9 Å². The number of aromatic amines is 1. The number of nitro groups is 1. The fourth-order valence-electron chi connectivity index (χ4n) is 2.34. The molecule has 1 aromatic carbocycles. The number of hydrogen-bond acceptors (Lipinski definition) is 8. The Bertz CT molecular complexity index is 1180. The predicted molar refractivity (Wildman–Crippen MR) is 109 cm³/mol. The van der Waals surface area contributed by atoms with E-state index in [0.29, 0.717) is 0 Å². The third kappa shape index (κ3) is 6.08. The molecule has 13 heteroatoms. The fraction of sp³-hybridized carbons (Fsp3) is 0.389. The average molecular weight is 454 g/mol. The van der Waals surface area contributed by atoms with Crippen LogP contribution in [0, 0.1) is 15.5 Å². The topological polar surface area (TPSA) is 162 Å². The van der Waals surface area contributed by atoms with Gasteiger partial charge in [-0.05, 0) is 32.9 Å². The number of esters is 1. The summed E-state index contributed by atoms with van der Waals surface area (Å²) < 4.78 is 33.1. The highest BCUT2D eigenvalue weighted by Gasteiger charge is 2.28. The zero-order valence-electron chi connectivity index (χ0n) is 17.1. The molecule has 0 amide bonds. The number of ether oxygens (including phenoxy) is 1. The lowest BCUT2D eigenvalue weighted by Gasteiger charge is -2.24. The van der Waals surface area contributed by atoms with Crippen molar-refractivity contribution in [3.05, 3.63) is 67.5 Å². The highest BCUT2D eigenvalue weighted by atomic mass is 32.2. The molecule has 168 valence electrons. The summed E-state index contributed by atoms with van der Waals surface area (Å²) in [6.45, 7) is 3.84. The maximum absolute atomic E-state index is 13.1. The van der Waals surface area contributed by atoms with Crippen LogP contribution in [0.4, 0.5) is 5.69 Å². The van der Waals surface area contributed by atoms with Crippen LogP contribution in [0.25, 0.3) is 0 Å². The number of sulfonamides is 1. The van der Waals surface area contributed by atoms with E-state index >= 15 is 0 Å². The second-order valence-electron chi connectivity index (χ2n) is 7.54. The van der Waals surface area contributed by atoms with Gasteiger partial charge < -0.3 is 4.74 Å². The van der Waals surface area contributed by atoms with E-state index < -0.39 is 44.2 Å². The first-order chi connectivity index (χ1) is 14.3. The molecule has 0 aliphatic carbocycles. The van der Waals surface area contributed by atoms with Crippen LogP contribution in [0.5, 0.6) is 0 Å². The van der Waals surface area contributed by atoms with Crippen molar-refractivity contribution in [2.75, 3.05) is 13.2 Å². The van der Waals surface area contributed by atoms with Crippen molar-refractivity contribution in [3.63, 3.8) is 0 Å². The molecule has 0 saturated carbocycles. The molecule has 0 aliphatic heterocycles. The molecule has 1 aromatic heterocycles. The van der Waals surface area contributed by atoms with Crippen LogP contribution in [0.2, 0.25) is 0 Å². The van der Waals surface area contributed by atoms with Gasteiger partial charge in [-0.25, -0.2) is 13.2 Å². The van der Waals surface area contributed by atoms with E-state index in [4.69, 9.17) is 4.74 Å². The lowest BCUT2D eigenvalue weighted by atomic mass is 9.97. The second-order valence-corrected chi connectivity index (χ2v) is 9.48. The molecule has 2 rings (SSSR count). The third-order valence-electron chi connectivity index (χ3n) is 4.08. The molecule has 0 saturated heterocycles. The standard InChI is InChI=1S/C18H22N4O8S/c1-18(2,3)16(24)30-11-10-21(12-20-9-8-15(23)19-17(20)25)31(28,29)14-6-4-13(5-7-14)22(26)27/h4-9H,10-12H2,1-3H3,(H,19,23,25). The van der Waals surface area contributed by atoms with Crippen molar-refractivity contribution < 1.29 is 22.9 Å². The zero-order valence-corrected chi connectivity index (χ0v) is 17.9. The highest BCUT2D eigenvalue weighted by molar-refractivity contribution is 7.89. The predicted octanol–water partition coefficient (Wildman–Crippen LogP) is 0.683. The van der Waals surface area contributed by atoms with Gasteiger partial charge in [0.05, 0.1) is 28.4 Å². The minimum Gasteiger partial charge on any atom is -0.464 e. The van der Waals surface area contributed by atoms with Crippen molar-refractivity contribution in [3.8, 4) is 0 Å². The van der Waals surface area contributed by atoms with Gasteiger partial charge in [0.25, 0.3) is 11.2 Å². The Morgan fingerprint density at radius 2 is 1.81 bits per heavy atom. The SMILES string of the molecule is CC(C)(C)C(=O)OCCN(Cn1ccc(=O)[nH]c1=O)S(=O)(=O)c1ccc([N+](=O)[O-])cc1. The summed E-state index contributed by atoms with van der Waals surface area (Å²) in [7, 11) is -4.23. The molecular formula is C18H22N4O8S. The molecule has 1 N–H and O–H groups in total. The van der Waals surface area contributed by atoms with Gasteiger partial charge in [0.2, 0.25) is 10.0 Å². The largest absolute Gasteiger partial charge is 0.464 e. The summed E-state index contributed by atoms with van der Waals surface area (Å²) in [5, 5.41) is 10.8. The van der Waals surface area contributed by atoms with Crippen molar-refractivity contribution in [1.29, 1.82) is 0 Å². The zero-order chi connectivity index (χ0) is 23.4. The van der Waals surface area contributed by atoms with Crippen LogP contribution in [-0.2, 0) is 26.2 Å². The van der Waals surface area contributed by atoms with E-state index in [1.807, 2.05) is 4.98 Å². The number of benzene rings is 1. The van der Waals surface area contributed by atoms with Gasteiger partial charge in [-0.15, -0.1) is 0 Å². The van der Waals surface area contributed by atoms with Gasteiger partial charge in [0, 0.05) is 24.4 Å². The van der Waals surface area contributed by atoms with Crippen LogP contribution in [0.15, 0.2) is 51.0 Å². The highest BCUT2D eigenvalue weighted by Crippen LogP contribution is 2.20. The Balaban J connectivity index is 2.34. The van der Waals surface area contributed by atoms with Crippen LogP contribution < -0.4 is 11.2 Å². The van der Waals surface area contributed by atoms with Crippen LogP contribution in [0.3, 0.4) is 0 Å². The molecule has 12 nitrogen and oxygen atoms in total. The van der Waals surface area contributed by atoms with E-state index in [-0.39, 0.29) is 23.7 Å². The first-order valence-corrected chi connectivity index (χ1v) is 10.5.